The van der Waals surface area contributed by atoms with Crippen LogP contribution in [0.15, 0.2) is 0 Å². The summed E-state index contributed by atoms with van der Waals surface area (Å²) in [7, 11) is 0. The van der Waals surface area contributed by atoms with E-state index in [9.17, 15) is 4.79 Å². The standard InChI is InChI=1S/C17H34O2/c1-4-7-9-11-13-15-16(17(18)19-6-3)14-12-10-8-5-2/h16H,4-15H2,1-3H3/t16-/m0/s1. The fourth-order valence-electron chi connectivity index (χ4n) is 2.45. The average Bonchev–Trinajstić information content (AvgIpc) is 2.41. The molecule has 114 valence electrons. The first-order valence-electron chi connectivity index (χ1n) is 8.42. The normalized spacial score (nSPS) is 12.4. The number of rotatable bonds is 13. The zero-order valence-electron chi connectivity index (χ0n) is 13.4. The van der Waals surface area contributed by atoms with Gasteiger partial charge in [0.2, 0.25) is 0 Å². The first-order valence-corrected chi connectivity index (χ1v) is 8.42. The molecule has 0 bridgehead atoms. The van der Waals surface area contributed by atoms with Gasteiger partial charge in [-0.15, -0.1) is 0 Å². The molecule has 0 aromatic heterocycles. The number of hydrogen-bond acceptors (Lipinski definition) is 2. The van der Waals surface area contributed by atoms with E-state index in [4.69, 9.17) is 4.74 Å². The van der Waals surface area contributed by atoms with E-state index >= 15 is 0 Å². The zero-order valence-corrected chi connectivity index (χ0v) is 13.4. The lowest BCUT2D eigenvalue weighted by atomic mass is 9.94. The zero-order chi connectivity index (χ0) is 14.3. The van der Waals surface area contributed by atoms with Crippen LogP contribution in [-0.2, 0) is 9.53 Å². The number of carbonyl (C=O) groups is 1. The van der Waals surface area contributed by atoms with Crippen LogP contribution in [-0.4, -0.2) is 12.6 Å². The van der Waals surface area contributed by atoms with Gasteiger partial charge in [0.05, 0.1) is 12.5 Å². The second-order valence-corrected chi connectivity index (χ2v) is 5.50. The summed E-state index contributed by atoms with van der Waals surface area (Å²) in [4.78, 5) is 11.9. The van der Waals surface area contributed by atoms with E-state index < -0.39 is 0 Å². The molecule has 0 aromatic rings. The smallest absolute Gasteiger partial charge is 0.308 e. The Hall–Kier alpha value is -0.530. The van der Waals surface area contributed by atoms with E-state index in [1.54, 1.807) is 0 Å². The molecule has 0 aliphatic heterocycles. The van der Waals surface area contributed by atoms with Gasteiger partial charge in [0.1, 0.15) is 0 Å². The number of esters is 1. The Balaban J connectivity index is 3.86. The summed E-state index contributed by atoms with van der Waals surface area (Å²) in [5.41, 5.74) is 0. The Kier molecular flexibility index (Phi) is 13.5. The van der Waals surface area contributed by atoms with Crippen molar-refractivity contribution in [2.45, 2.75) is 91.4 Å². The van der Waals surface area contributed by atoms with Crippen LogP contribution in [0, 0.1) is 5.92 Å². The summed E-state index contributed by atoms with van der Waals surface area (Å²) in [5, 5.41) is 0. The minimum absolute atomic E-state index is 0.0366. The molecule has 0 spiro atoms. The number of unbranched alkanes of at least 4 members (excludes halogenated alkanes) is 7. The molecule has 0 amide bonds. The fourth-order valence-corrected chi connectivity index (χ4v) is 2.45. The number of hydrogen-bond donors (Lipinski definition) is 0. The predicted molar refractivity (Wildman–Crippen MR) is 82.3 cm³/mol. The summed E-state index contributed by atoms with van der Waals surface area (Å²) in [6, 6.07) is 0. The third kappa shape index (κ3) is 11.0. The van der Waals surface area contributed by atoms with E-state index in [0.717, 1.165) is 12.8 Å². The van der Waals surface area contributed by atoms with Gasteiger partial charge in [0.25, 0.3) is 0 Å². The first kappa shape index (κ1) is 18.5. The van der Waals surface area contributed by atoms with Crippen LogP contribution in [0.3, 0.4) is 0 Å². The van der Waals surface area contributed by atoms with Crippen LogP contribution in [0.4, 0.5) is 0 Å². The molecule has 1 atom stereocenters. The monoisotopic (exact) mass is 270 g/mol. The van der Waals surface area contributed by atoms with Gasteiger partial charge >= 0.3 is 5.97 Å². The van der Waals surface area contributed by atoms with Gasteiger partial charge in [-0.3, -0.25) is 4.79 Å². The molecule has 0 fully saturated rings. The van der Waals surface area contributed by atoms with Gasteiger partial charge < -0.3 is 4.74 Å². The lowest BCUT2D eigenvalue weighted by Gasteiger charge is -2.15. The quantitative estimate of drug-likeness (QED) is 0.326. The molecule has 0 radical (unpaired) electrons. The molecule has 0 heterocycles. The average molecular weight is 270 g/mol. The summed E-state index contributed by atoms with van der Waals surface area (Å²) >= 11 is 0. The highest BCUT2D eigenvalue weighted by Crippen LogP contribution is 2.20. The van der Waals surface area contributed by atoms with E-state index in [1.165, 1.54) is 57.8 Å². The molecule has 0 unspecified atom stereocenters. The molecule has 0 N–H and O–H groups in total. The highest BCUT2D eigenvalue weighted by atomic mass is 16.5. The van der Waals surface area contributed by atoms with Crippen LogP contribution >= 0.6 is 0 Å². The maximum atomic E-state index is 11.9. The van der Waals surface area contributed by atoms with Gasteiger partial charge in [-0.25, -0.2) is 0 Å². The van der Waals surface area contributed by atoms with Gasteiger partial charge in [-0.05, 0) is 19.8 Å². The SMILES string of the molecule is CCCCCCC[C@H](CCCCCC)C(=O)OCC. The largest absolute Gasteiger partial charge is 0.466 e. The van der Waals surface area contributed by atoms with E-state index in [1.807, 2.05) is 6.92 Å². The molecular weight excluding hydrogens is 236 g/mol. The van der Waals surface area contributed by atoms with E-state index in [2.05, 4.69) is 13.8 Å². The molecule has 0 rings (SSSR count). The maximum Gasteiger partial charge on any atom is 0.308 e. The molecule has 0 saturated heterocycles. The summed E-state index contributed by atoms with van der Waals surface area (Å²) in [6.45, 7) is 6.86. The molecule has 2 nitrogen and oxygen atoms in total. The molecule has 0 aliphatic carbocycles. The Labute approximate surface area is 120 Å². The number of carbonyl (C=O) groups excluding carboxylic acids is 1. The van der Waals surface area contributed by atoms with Gasteiger partial charge in [0, 0.05) is 0 Å². The molecule has 0 saturated carbocycles. The lowest BCUT2D eigenvalue weighted by Crippen LogP contribution is -2.18. The maximum absolute atomic E-state index is 11.9. The van der Waals surface area contributed by atoms with Gasteiger partial charge in [0.15, 0.2) is 0 Å². The Morgan fingerprint density at radius 1 is 0.789 bits per heavy atom. The molecular formula is C17H34O2. The van der Waals surface area contributed by atoms with E-state index in [-0.39, 0.29) is 11.9 Å². The molecule has 0 aliphatic rings. The topological polar surface area (TPSA) is 26.3 Å². The second-order valence-electron chi connectivity index (χ2n) is 5.50. The van der Waals surface area contributed by atoms with Crippen molar-refractivity contribution in [1.82, 2.24) is 0 Å². The van der Waals surface area contributed by atoms with Crippen molar-refractivity contribution in [3.63, 3.8) is 0 Å². The Morgan fingerprint density at radius 3 is 1.74 bits per heavy atom. The lowest BCUT2D eigenvalue weighted by molar-refractivity contribution is -0.148. The fraction of sp³-hybridized carbons (Fsp3) is 0.941. The Morgan fingerprint density at radius 2 is 1.26 bits per heavy atom. The predicted octanol–water partition coefficient (Wildman–Crippen LogP) is 5.50. The van der Waals surface area contributed by atoms with Crippen LogP contribution in [0.2, 0.25) is 0 Å². The first-order chi connectivity index (χ1) is 9.26. The van der Waals surface area contributed by atoms with Crippen molar-refractivity contribution in [2.75, 3.05) is 6.61 Å². The van der Waals surface area contributed by atoms with Crippen LogP contribution < -0.4 is 0 Å². The van der Waals surface area contributed by atoms with E-state index in [0.29, 0.717) is 6.61 Å². The molecule has 0 aromatic carbocycles. The second kappa shape index (κ2) is 13.9. The van der Waals surface area contributed by atoms with Gasteiger partial charge in [-0.1, -0.05) is 71.6 Å². The summed E-state index contributed by atoms with van der Waals surface area (Å²) in [6.07, 6.45) is 13.3. The van der Waals surface area contributed by atoms with Crippen molar-refractivity contribution in [3.8, 4) is 0 Å². The van der Waals surface area contributed by atoms with Crippen LogP contribution in [0.5, 0.6) is 0 Å². The highest BCUT2D eigenvalue weighted by molar-refractivity contribution is 5.72. The third-order valence-electron chi connectivity index (χ3n) is 3.68. The summed E-state index contributed by atoms with van der Waals surface area (Å²) in [5.74, 6) is 0.188. The summed E-state index contributed by atoms with van der Waals surface area (Å²) < 4.78 is 5.20. The number of ether oxygens (including phenoxy) is 1. The highest BCUT2D eigenvalue weighted by Gasteiger charge is 2.18. The minimum atomic E-state index is 0.0366. The van der Waals surface area contributed by atoms with Crippen molar-refractivity contribution < 1.29 is 9.53 Å². The van der Waals surface area contributed by atoms with Crippen LogP contribution in [0.1, 0.15) is 91.4 Å². The van der Waals surface area contributed by atoms with Crippen molar-refractivity contribution in [2.24, 2.45) is 5.92 Å². The minimum Gasteiger partial charge on any atom is -0.466 e. The molecule has 19 heavy (non-hydrogen) atoms. The third-order valence-corrected chi connectivity index (χ3v) is 3.68. The van der Waals surface area contributed by atoms with Crippen molar-refractivity contribution in [1.29, 1.82) is 0 Å². The van der Waals surface area contributed by atoms with Crippen LogP contribution in [0.25, 0.3) is 0 Å². The Bertz CT molecular complexity index is 201. The van der Waals surface area contributed by atoms with Crippen molar-refractivity contribution >= 4 is 5.97 Å². The van der Waals surface area contributed by atoms with Crippen molar-refractivity contribution in [3.05, 3.63) is 0 Å². The molecule has 2 heteroatoms. The van der Waals surface area contributed by atoms with Gasteiger partial charge in [-0.2, -0.15) is 0 Å².